The summed E-state index contributed by atoms with van der Waals surface area (Å²) in [6.45, 7) is 0.159. The van der Waals surface area contributed by atoms with E-state index in [1.807, 2.05) is 6.07 Å². The number of nitrogens with zero attached hydrogens (tertiary/aromatic N) is 1. The summed E-state index contributed by atoms with van der Waals surface area (Å²) in [5.41, 5.74) is 1.68. The molecule has 2 aromatic carbocycles. The second-order valence-corrected chi connectivity index (χ2v) is 8.01. The molecule has 1 heterocycles. The van der Waals surface area contributed by atoms with E-state index in [4.69, 9.17) is 0 Å². The quantitative estimate of drug-likeness (QED) is 0.862. The van der Waals surface area contributed by atoms with Crippen molar-refractivity contribution in [2.45, 2.75) is 43.2 Å². The maximum Gasteiger partial charge on any atom is 0.251 e. The monoisotopic (exact) mass is 384 g/mol. The van der Waals surface area contributed by atoms with E-state index in [0.29, 0.717) is 22.6 Å². The van der Waals surface area contributed by atoms with Gasteiger partial charge in [0.25, 0.3) is 5.91 Å². The maximum absolute atomic E-state index is 14.1. The molecule has 2 aromatic rings. The van der Waals surface area contributed by atoms with Crippen LogP contribution in [0, 0.1) is 5.82 Å². The van der Waals surface area contributed by atoms with E-state index in [0.717, 1.165) is 30.6 Å². The number of halogens is 1. The lowest BCUT2D eigenvalue weighted by atomic mass is 10.1. The highest BCUT2D eigenvalue weighted by atomic mass is 32.2. The van der Waals surface area contributed by atoms with E-state index in [9.17, 15) is 14.0 Å². The number of benzene rings is 2. The molecule has 140 valence electrons. The highest BCUT2D eigenvalue weighted by Crippen LogP contribution is 2.37. The van der Waals surface area contributed by atoms with E-state index < -0.39 is 0 Å². The minimum Gasteiger partial charge on any atom is -0.349 e. The Morgan fingerprint density at radius 1 is 1.19 bits per heavy atom. The van der Waals surface area contributed by atoms with Crippen molar-refractivity contribution >= 4 is 29.3 Å². The van der Waals surface area contributed by atoms with Gasteiger partial charge in [-0.2, -0.15) is 0 Å². The Morgan fingerprint density at radius 2 is 1.96 bits per heavy atom. The number of carbonyl (C=O) groups excluding carboxylic acids is 2. The molecule has 0 bridgehead atoms. The number of thioether (sulfide) groups is 1. The molecule has 1 aliphatic heterocycles. The van der Waals surface area contributed by atoms with Crippen LogP contribution in [0.2, 0.25) is 0 Å². The first-order valence-corrected chi connectivity index (χ1v) is 10.2. The van der Waals surface area contributed by atoms with Gasteiger partial charge in [0.05, 0.1) is 18.0 Å². The minimum atomic E-state index is -0.333. The first kappa shape index (κ1) is 18.0. The molecule has 1 fully saturated rings. The largest absolute Gasteiger partial charge is 0.349 e. The summed E-state index contributed by atoms with van der Waals surface area (Å²) in [5, 5.41) is 3.08. The number of nitrogens with one attached hydrogen (secondary N) is 1. The highest BCUT2D eigenvalue weighted by Gasteiger charge is 2.27. The topological polar surface area (TPSA) is 49.4 Å². The third-order valence-corrected chi connectivity index (χ3v) is 6.19. The molecule has 2 amide bonds. The van der Waals surface area contributed by atoms with Gasteiger partial charge in [-0.25, -0.2) is 4.39 Å². The molecule has 4 nitrogen and oxygen atoms in total. The molecule has 2 aliphatic rings. The molecule has 27 heavy (non-hydrogen) atoms. The predicted octanol–water partition coefficient (Wildman–Crippen LogP) is 4.14. The molecular formula is C21H21FN2O2S. The van der Waals surface area contributed by atoms with Gasteiger partial charge in [0, 0.05) is 22.1 Å². The molecule has 1 N–H and O–H groups in total. The SMILES string of the molecule is O=C(NC1CCCC1)c1ccc2c(c1)N(Cc1ccccc1F)C(=O)CS2. The molecular weight excluding hydrogens is 363 g/mol. The van der Waals surface area contributed by atoms with Crippen molar-refractivity contribution in [2.75, 3.05) is 10.7 Å². The van der Waals surface area contributed by atoms with Crippen LogP contribution in [0.4, 0.5) is 10.1 Å². The summed E-state index contributed by atoms with van der Waals surface area (Å²) in [4.78, 5) is 27.6. The van der Waals surface area contributed by atoms with Crippen LogP contribution in [0.25, 0.3) is 0 Å². The second kappa shape index (κ2) is 7.72. The Kier molecular flexibility index (Phi) is 5.16. The van der Waals surface area contributed by atoms with Gasteiger partial charge in [-0.15, -0.1) is 11.8 Å². The fourth-order valence-corrected chi connectivity index (χ4v) is 4.57. The van der Waals surface area contributed by atoms with Crippen molar-refractivity contribution in [3.8, 4) is 0 Å². The fourth-order valence-electron chi connectivity index (χ4n) is 3.65. The van der Waals surface area contributed by atoms with E-state index in [2.05, 4.69) is 5.32 Å². The summed E-state index contributed by atoms with van der Waals surface area (Å²) >= 11 is 1.45. The van der Waals surface area contributed by atoms with E-state index in [-0.39, 0.29) is 30.2 Å². The van der Waals surface area contributed by atoms with Gasteiger partial charge in [0.1, 0.15) is 5.82 Å². The van der Waals surface area contributed by atoms with Crippen LogP contribution in [0.5, 0.6) is 0 Å². The third-order valence-electron chi connectivity index (χ3n) is 5.14. The zero-order valence-corrected chi connectivity index (χ0v) is 15.7. The van der Waals surface area contributed by atoms with E-state index >= 15 is 0 Å². The van der Waals surface area contributed by atoms with Crippen LogP contribution < -0.4 is 10.2 Å². The first-order chi connectivity index (χ1) is 13.1. The van der Waals surface area contributed by atoms with Gasteiger partial charge >= 0.3 is 0 Å². The standard InChI is InChI=1S/C21H21FN2O2S/c22-17-8-4-1-5-15(17)12-24-18-11-14(9-10-19(18)27-13-20(24)25)21(26)23-16-6-2-3-7-16/h1,4-5,8-11,16H,2-3,6-7,12-13H2,(H,23,26). The fraction of sp³-hybridized carbons (Fsp3) is 0.333. The molecule has 6 heteroatoms. The van der Waals surface area contributed by atoms with Crippen molar-refractivity contribution in [1.29, 1.82) is 0 Å². The van der Waals surface area contributed by atoms with Crippen LogP contribution in [0.15, 0.2) is 47.4 Å². The molecule has 1 saturated carbocycles. The predicted molar refractivity (Wildman–Crippen MR) is 104 cm³/mol. The molecule has 0 radical (unpaired) electrons. The lowest BCUT2D eigenvalue weighted by Gasteiger charge is -2.29. The van der Waals surface area contributed by atoms with Crippen molar-refractivity contribution < 1.29 is 14.0 Å². The number of fused-ring (bicyclic) bond motifs is 1. The van der Waals surface area contributed by atoms with Gasteiger partial charge in [-0.3, -0.25) is 9.59 Å². The molecule has 0 saturated heterocycles. The average Bonchev–Trinajstić information content (AvgIpc) is 3.18. The smallest absolute Gasteiger partial charge is 0.251 e. The molecule has 4 rings (SSSR count). The van der Waals surface area contributed by atoms with Gasteiger partial charge < -0.3 is 10.2 Å². The number of carbonyl (C=O) groups is 2. The Balaban J connectivity index is 1.61. The summed E-state index contributed by atoms with van der Waals surface area (Å²) in [7, 11) is 0. The van der Waals surface area contributed by atoms with Crippen molar-refractivity contribution in [3.63, 3.8) is 0 Å². The Hall–Kier alpha value is -2.34. The van der Waals surface area contributed by atoms with Crippen molar-refractivity contribution in [2.24, 2.45) is 0 Å². The summed E-state index contributed by atoms with van der Waals surface area (Å²) in [6.07, 6.45) is 4.34. The van der Waals surface area contributed by atoms with Crippen LogP contribution in [-0.4, -0.2) is 23.6 Å². The summed E-state index contributed by atoms with van der Waals surface area (Å²) < 4.78 is 14.1. The molecule has 0 unspecified atom stereocenters. The Bertz CT molecular complexity index is 880. The van der Waals surface area contributed by atoms with Crippen LogP contribution in [0.1, 0.15) is 41.6 Å². The first-order valence-electron chi connectivity index (χ1n) is 9.23. The summed E-state index contributed by atoms with van der Waals surface area (Å²) in [5.74, 6) is -0.211. The van der Waals surface area contributed by atoms with Gasteiger partial charge in [-0.1, -0.05) is 31.0 Å². The molecule has 0 spiro atoms. The lowest BCUT2D eigenvalue weighted by Crippen LogP contribution is -2.36. The zero-order valence-electron chi connectivity index (χ0n) is 14.9. The number of hydrogen-bond acceptors (Lipinski definition) is 3. The lowest BCUT2D eigenvalue weighted by molar-refractivity contribution is -0.116. The Morgan fingerprint density at radius 3 is 2.74 bits per heavy atom. The number of amides is 2. The van der Waals surface area contributed by atoms with Crippen molar-refractivity contribution in [1.82, 2.24) is 5.32 Å². The number of rotatable bonds is 4. The second-order valence-electron chi connectivity index (χ2n) is 7.00. The van der Waals surface area contributed by atoms with E-state index in [1.165, 1.54) is 17.8 Å². The van der Waals surface area contributed by atoms with Gasteiger partial charge in [0.2, 0.25) is 5.91 Å². The van der Waals surface area contributed by atoms with Gasteiger partial charge in [-0.05, 0) is 37.1 Å². The molecule has 1 aliphatic carbocycles. The van der Waals surface area contributed by atoms with Crippen LogP contribution in [-0.2, 0) is 11.3 Å². The summed E-state index contributed by atoms with van der Waals surface area (Å²) in [6, 6.07) is 12.1. The zero-order chi connectivity index (χ0) is 18.8. The van der Waals surface area contributed by atoms with Crippen LogP contribution >= 0.6 is 11.8 Å². The average molecular weight is 384 g/mol. The van der Waals surface area contributed by atoms with Gasteiger partial charge in [0.15, 0.2) is 0 Å². The number of anilines is 1. The highest BCUT2D eigenvalue weighted by molar-refractivity contribution is 8.00. The number of hydrogen-bond donors (Lipinski definition) is 1. The normalized spacial score (nSPS) is 17.1. The third kappa shape index (κ3) is 3.86. The van der Waals surface area contributed by atoms with Crippen LogP contribution in [0.3, 0.4) is 0 Å². The van der Waals surface area contributed by atoms with E-state index in [1.54, 1.807) is 35.2 Å². The maximum atomic E-state index is 14.1. The molecule has 0 aromatic heterocycles. The Labute approximate surface area is 162 Å². The van der Waals surface area contributed by atoms with Crippen molar-refractivity contribution in [3.05, 3.63) is 59.4 Å². The molecule has 0 atom stereocenters. The minimum absolute atomic E-state index is 0.0795.